The van der Waals surface area contributed by atoms with Gasteiger partial charge >= 0.3 is 0 Å². The van der Waals surface area contributed by atoms with E-state index in [-0.39, 0.29) is 0 Å². The van der Waals surface area contributed by atoms with Crippen molar-refractivity contribution in [3.05, 3.63) is 65.0 Å². The van der Waals surface area contributed by atoms with Crippen LogP contribution in [0.1, 0.15) is 47.7 Å². The van der Waals surface area contributed by atoms with Crippen molar-refractivity contribution in [1.82, 2.24) is 10.3 Å². The molecule has 1 aliphatic carbocycles. The molecule has 20 heavy (non-hydrogen) atoms. The molecule has 2 nitrogen and oxygen atoms in total. The molecule has 0 saturated carbocycles. The number of aryl methyl sites for hydroxylation is 1. The second-order valence-corrected chi connectivity index (χ2v) is 5.68. The van der Waals surface area contributed by atoms with E-state index in [4.69, 9.17) is 0 Å². The number of rotatable bonds is 5. The maximum absolute atomic E-state index is 4.30. The first kappa shape index (κ1) is 13.3. The molecule has 0 amide bonds. The lowest BCUT2D eigenvalue weighted by atomic mass is 9.74. The van der Waals surface area contributed by atoms with Crippen molar-refractivity contribution in [2.75, 3.05) is 6.54 Å². The summed E-state index contributed by atoms with van der Waals surface area (Å²) in [5.41, 5.74) is 5.53. The minimum atomic E-state index is 0.431. The Morgan fingerprint density at radius 3 is 2.90 bits per heavy atom. The maximum atomic E-state index is 4.30. The van der Waals surface area contributed by atoms with E-state index in [0.717, 1.165) is 12.2 Å². The summed E-state index contributed by atoms with van der Waals surface area (Å²) < 4.78 is 0. The van der Waals surface area contributed by atoms with Crippen LogP contribution in [0.3, 0.4) is 0 Å². The smallest absolute Gasteiger partial charge is 0.0375 e. The molecular weight excluding hydrogens is 244 g/mol. The van der Waals surface area contributed by atoms with Crippen LogP contribution in [0.5, 0.6) is 0 Å². The third-order valence-electron chi connectivity index (χ3n) is 4.26. The summed E-state index contributed by atoms with van der Waals surface area (Å²) in [4.78, 5) is 4.30. The second-order valence-electron chi connectivity index (χ2n) is 5.68. The zero-order valence-corrected chi connectivity index (χ0v) is 12.3. The Morgan fingerprint density at radius 2 is 2.15 bits per heavy atom. The molecule has 1 aromatic heterocycles. The molecule has 2 aromatic rings. The van der Waals surface area contributed by atoms with Crippen molar-refractivity contribution in [1.29, 1.82) is 0 Å². The Bertz CT molecular complexity index is 591. The molecule has 1 aromatic carbocycles. The van der Waals surface area contributed by atoms with Gasteiger partial charge in [0.2, 0.25) is 0 Å². The molecule has 3 rings (SSSR count). The molecule has 0 saturated heterocycles. The Kier molecular flexibility index (Phi) is 3.83. The molecule has 1 aliphatic rings. The lowest BCUT2D eigenvalue weighted by Crippen LogP contribution is -2.27. The lowest BCUT2D eigenvalue weighted by molar-refractivity contribution is 0.435. The lowest BCUT2D eigenvalue weighted by Gasteiger charge is -2.33. The van der Waals surface area contributed by atoms with Gasteiger partial charge in [0.15, 0.2) is 0 Å². The van der Waals surface area contributed by atoms with Crippen molar-refractivity contribution in [3.63, 3.8) is 0 Å². The molecule has 104 valence electrons. The topological polar surface area (TPSA) is 24.9 Å². The van der Waals surface area contributed by atoms with Gasteiger partial charge in [0.25, 0.3) is 0 Å². The van der Waals surface area contributed by atoms with Crippen LogP contribution >= 0.6 is 0 Å². The Balaban J connectivity index is 1.76. The van der Waals surface area contributed by atoms with Gasteiger partial charge in [-0.05, 0) is 61.1 Å². The van der Waals surface area contributed by atoms with Crippen LogP contribution in [0.4, 0.5) is 0 Å². The highest BCUT2D eigenvalue weighted by atomic mass is 14.9. The van der Waals surface area contributed by atoms with Gasteiger partial charge in [0.05, 0.1) is 0 Å². The number of pyridine rings is 1. The highest BCUT2D eigenvalue weighted by Gasteiger charge is 2.28. The van der Waals surface area contributed by atoms with Crippen molar-refractivity contribution in [3.8, 4) is 0 Å². The van der Waals surface area contributed by atoms with E-state index >= 15 is 0 Å². The van der Waals surface area contributed by atoms with Crippen LogP contribution in [0, 0.1) is 6.92 Å². The SMILES string of the molecule is CCNC(CC1Cc2ccccc21)c1ccnc(C)c1. The number of nitrogens with zero attached hydrogens (tertiary/aromatic N) is 1. The largest absolute Gasteiger partial charge is 0.310 e. The van der Waals surface area contributed by atoms with Crippen LogP contribution in [0.15, 0.2) is 42.6 Å². The van der Waals surface area contributed by atoms with Crippen LogP contribution < -0.4 is 5.32 Å². The molecule has 2 atom stereocenters. The molecule has 0 aliphatic heterocycles. The van der Waals surface area contributed by atoms with E-state index in [1.807, 2.05) is 6.20 Å². The summed E-state index contributed by atoms with van der Waals surface area (Å²) in [6.45, 7) is 5.24. The van der Waals surface area contributed by atoms with Gasteiger partial charge in [-0.25, -0.2) is 0 Å². The van der Waals surface area contributed by atoms with Crippen molar-refractivity contribution in [2.24, 2.45) is 0 Å². The second kappa shape index (κ2) is 5.76. The van der Waals surface area contributed by atoms with E-state index in [1.54, 1.807) is 5.56 Å². The standard InChI is InChI=1S/C18H22N2/c1-3-19-18(15-8-9-20-13(2)10-15)12-16-11-14-6-4-5-7-17(14)16/h4-10,16,18-19H,3,11-12H2,1-2H3. The number of benzene rings is 1. The fourth-order valence-electron chi connectivity index (χ4n) is 3.23. The van der Waals surface area contributed by atoms with Gasteiger partial charge in [-0.1, -0.05) is 31.2 Å². The Morgan fingerprint density at radius 1 is 1.30 bits per heavy atom. The van der Waals surface area contributed by atoms with E-state index < -0.39 is 0 Å². The minimum absolute atomic E-state index is 0.431. The van der Waals surface area contributed by atoms with Gasteiger partial charge in [0, 0.05) is 17.9 Å². The van der Waals surface area contributed by atoms with Gasteiger partial charge in [0.1, 0.15) is 0 Å². The predicted molar refractivity (Wildman–Crippen MR) is 82.9 cm³/mol. The van der Waals surface area contributed by atoms with E-state index in [1.165, 1.54) is 24.0 Å². The monoisotopic (exact) mass is 266 g/mol. The third-order valence-corrected chi connectivity index (χ3v) is 4.26. The van der Waals surface area contributed by atoms with Gasteiger partial charge in [-0.3, -0.25) is 4.98 Å². The normalized spacial score (nSPS) is 18.2. The number of fused-ring (bicyclic) bond motifs is 1. The van der Waals surface area contributed by atoms with Crippen LogP contribution in [-0.4, -0.2) is 11.5 Å². The van der Waals surface area contributed by atoms with Gasteiger partial charge in [-0.2, -0.15) is 0 Å². The molecule has 0 spiro atoms. The summed E-state index contributed by atoms with van der Waals surface area (Å²) in [5, 5.41) is 3.63. The Hall–Kier alpha value is -1.67. The summed E-state index contributed by atoms with van der Waals surface area (Å²) >= 11 is 0. The summed E-state index contributed by atoms with van der Waals surface area (Å²) in [6, 6.07) is 13.6. The van der Waals surface area contributed by atoms with E-state index in [9.17, 15) is 0 Å². The average Bonchev–Trinajstić information content (AvgIpc) is 2.43. The number of hydrogen-bond donors (Lipinski definition) is 1. The summed E-state index contributed by atoms with van der Waals surface area (Å²) in [6.07, 6.45) is 4.32. The molecule has 2 heteroatoms. The summed E-state index contributed by atoms with van der Waals surface area (Å²) in [5.74, 6) is 0.698. The fourth-order valence-corrected chi connectivity index (χ4v) is 3.23. The van der Waals surface area contributed by atoms with Crippen LogP contribution in [-0.2, 0) is 6.42 Å². The number of nitrogens with one attached hydrogen (secondary N) is 1. The summed E-state index contributed by atoms with van der Waals surface area (Å²) in [7, 11) is 0. The average molecular weight is 266 g/mol. The van der Waals surface area contributed by atoms with Gasteiger partial charge in [-0.15, -0.1) is 0 Å². The highest BCUT2D eigenvalue weighted by molar-refractivity contribution is 5.40. The molecule has 0 fully saturated rings. The first-order valence-electron chi connectivity index (χ1n) is 7.51. The van der Waals surface area contributed by atoms with Crippen molar-refractivity contribution in [2.45, 2.75) is 38.6 Å². The molecule has 1 heterocycles. The van der Waals surface area contributed by atoms with Crippen LogP contribution in [0.2, 0.25) is 0 Å². The highest BCUT2D eigenvalue weighted by Crippen LogP contribution is 2.40. The number of aromatic nitrogens is 1. The van der Waals surface area contributed by atoms with E-state index in [2.05, 4.69) is 60.5 Å². The molecule has 2 unspecified atom stereocenters. The van der Waals surface area contributed by atoms with Crippen molar-refractivity contribution < 1.29 is 0 Å². The maximum Gasteiger partial charge on any atom is 0.0375 e. The molecular formula is C18H22N2. The zero-order valence-electron chi connectivity index (χ0n) is 12.3. The fraction of sp³-hybridized carbons (Fsp3) is 0.389. The van der Waals surface area contributed by atoms with Crippen LogP contribution in [0.25, 0.3) is 0 Å². The quantitative estimate of drug-likeness (QED) is 0.891. The van der Waals surface area contributed by atoms with Crippen molar-refractivity contribution >= 4 is 0 Å². The first-order valence-corrected chi connectivity index (χ1v) is 7.51. The molecule has 1 N–H and O–H groups in total. The minimum Gasteiger partial charge on any atom is -0.310 e. The molecule has 0 radical (unpaired) electrons. The van der Waals surface area contributed by atoms with Gasteiger partial charge < -0.3 is 5.32 Å². The third kappa shape index (κ3) is 2.61. The Labute approximate surface area is 121 Å². The van der Waals surface area contributed by atoms with E-state index in [0.29, 0.717) is 12.0 Å². The molecule has 0 bridgehead atoms. The predicted octanol–water partition coefficient (Wildman–Crippen LogP) is 3.77. The number of hydrogen-bond acceptors (Lipinski definition) is 2. The zero-order chi connectivity index (χ0) is 13.9. The first-order chi connectivity index (χ1) is 9.78.